The molecule has 5 nitrogen and oxygen atoms in total. The van der Waals surface area contributed by atoms with Crippen molar-refractivity contribution in [2.24, 2.45) is 0 Å². The predicted molar refractivity (Wildman–Crippen MR) is 84.0 cm³/mol. The molecule has 0 saturated heterocycles. The number of anilines is 2. The van der Waals surface area contributed by atoms with Gasteiger partial charge in [-0.3, -0.25) is 4.72 Å². The number of nitrogen functional groups attached to an aromatic ring is 1. The summed E-state index contributed by atoms with van der Waals surface area (Å²) >= 11 is 0. The molecule has 0 aromatic heterocycles. The Labute approximate surface area is 124 Å². The molecule has 0 atom stereocenters. The molecule has 0 aliphatic carbocycles. The van der Waals surface area contributed by atoms with Crippen molar-refractivity contribution in [3.05, 3.63) is 48.0 Å². The van der Waals surface area contributed by atoms with E-state index in [-0.39, 0.29) is 10.6 Å². The zero-order valence-electron chi connectivity index (χ0n) is 12.0. The summed E-state index contributed by atoms with van der Waals surface area (Å²) in [6, 6.07) is 11.7. The Morgan fingerprint density at radius 3 is 2.57 bits per heavy atom. The first-order valence-corrected chi connectivity index (χ1v) is 8.00. The summed E-state index contributed by atoms with van der Waals surface area (Å²) in [5, 5.41) is 0. The van der Waals surface area contributed by atoms with E-state index >= 15 is 0 Å². The summed E-state index contributed by atoms with van der Waals surface area (Å²) in [5.41, 5.74) is 7.51. The molecule has 0 saturated carbocycles. The lowest BCUT2D eigenvalue weighted by atomic mass is 10.1. The number of methoxy groups -OCH3 is 1. The number of benzene rings is 2. The number of rotatable bonds is 5. The first-order valence-electron chi connectivity index (χ1n) is 6.51. The average Bonchev–Trinajstić information content (AvgIpc) is 2.46. The Morgan fingerprint density at radius 1 is 1.19 bits per heavy atom. The molecule has 0 bridgehead atoms. The highest BCUT2D eigenvalue weighted by molar-refractivity contribution is 7.92. The normalized spacial score (nSPS) is 11.1. The first kappa shape index (κ1) is 15.2. The van der Waals surface area contributed by atoms with Gasteiger partial charge in [-0.1, -0.05) is 19.1 Å². The molecule has 0 radical (unpaired) electrons. The second kappa shape index (κ2) is 6.05. The fourth-order valence-electron chi connectivity index (χ4n) is 1.96. The second-order valence-electron chi connectivity index (χ2n) is 4.56. The van der Waals surface area contributed by atoms with Crippen molar-refractivity contribution in [1.29, 1.82) is 0 Å². The van der Waals surface area contributed by atoms with Crippen LogP contribution >= 0.6 is 0 Å². The maximum Gasteiger partial charge on any atom is 0.263 e. The highest BCUT2D eigenvalue weighted by atomic mass is 32.2. The highest BCUT2D eigenvalue weighted by Gasteiger charge is 2.18. The number of ether oxygens (including phenoxy) is 1. The molecule has 21 heavy (non-hydrogen) atoms. The van der Waals surface area contributed by atoms with Gasteiger partial charge < -0.3 is 10.5 Å². The molecule has 2 rings (SSSR count). The zero-order valence-corrected chi connectivity index (χ0v) is 12.8. The summed E-state index contributed by atoms with van der Waals surface area (Å²) in [4.78, 5) is 0.0326. The first-order chi connectivity index (χ1) is 9.96. The lowest BCUT2D eigenvalue weighted by Gasteiger charge is -2.11. The third kappa shape index (κ3) is 3.46. The van der Waals surface area contributed by atoms with Gasteiger partial charge in [-0.05, 0) is 36.2 Å². The highest BCUT2D eigenvalue weighted by Crippen LogP contribution is 2.25. The molecule has 2 aromatic carbocycles. The van der Waals surface area contributed by atoms with Gasteiger partial charge in [0.15, 0.2) is 0 Å². The lowest BCUT2D eigenvalue weighted by molar-refractivity contribution is 0.414. The third-order valence-electron chi connectivity index (χ3n) is 3.09. The Kier molecular flexibility index (Phi) is 4.37. The smallest absolute Gasteiger partial charge is 0.263 e. The Hall–Kier alpha value is -2.21. The molecule has 0 spiro atoms. The van der Waals surface area contributed by atoms with Gasteiger partial charge in [0.1, 0.15) is 10.6 Å². The van der Waals surface area contributed by atoms with E-state index in [9.17, 15) is 8.42 Å². The van der Waals surface area contributed by atoms with Crippen molar-refractivity contribution in [3.8, 4) is 5.75 Å². The molecular formula is C15H18N2O3S. The van der Waals surface area contributed by atoms with Crippen LogP contribution in [0.2, 0.25) is 0 Å². The molecular weight excluding hydrogens is 288 g/mol. The van der Waals surface area contributed by atoms with Crippen LogP contribution in [0.3, 0.4) is 0 Å². The lowest BCUT2D eigenvalue weighted by Crippen LogP contribution is -2.15. The van der Waals surface area contributed by atoms with Crippen LogP contribution < -0.4 is 15.2 Å². The minimum atomic E-state index is -3.72. The summed E-state index contributed by atoms with van der Waals surface area (Å²) < 4.78 is 32.3. The summed E-state index contributed by atoms with van der Waals surface area (Å²) in [6.45, 7) is 2.01. The van der Waals surface area contributed by atoms with Crippen LogP contribution in [0, 0.1) is 0 Å². The minimum Gasteiger partial charge on any atom is -0.497 e. The zero-order chi connectivity index (χ0) is 15.5. The number of nitrogens with one attached hydrogen (secondary N) is 1. The van der Waals surface area contributed by atoms with Crippen molar-refractivity contribution in [2.75, 3.05) is 17.6 Å². The number of sulfonamides is 1. The monoisotopic (exact) mass is 306 g/mol. The number of hydrogen-bond acceptors (Lipinski definition) is 4. The summed E-state index contributed by atoms with van der Waals surface area (Å²) in [7, 11) is -2.23. The third-order valence-corrected chi connectivity index (χ3v) is 4.55. The largest absolute Gasteiger partial charge is 0.497 e. The molecule has 6 heteroatoms. The molecule has 0 heterocycles. The Bertz CT molecular complexity index is 742. The van der Waals surface area contributed by atoms with Crippen LogP contribution in [0.15, 0.2) is 47.4 Å². The Morgan fingerprint density at radius 2 is 1.95 bits per heavy atom. The van der Waals surface area contributed by atoms with Gasteiger partial charge in [0, 0.05) is 11.8 Å². The fraction of sp³-hybridized carbons (Fsp3) is 0.200. The predicted octanol–water partition coefficient (Wildman–Crippen LogP) is 2.64. The van der Waals surface area contributed by atoms with Crippen LogP contribution in [0.4, 0.5) is 11.4 Å². The van der Waals surface area contributed by atoms with Crippen LogP contribution in [0.1, 0.15) is 12.5 Å². The van der Waals surface area contributed by atoms with Crippen LogP contribution in [-0.4, -0.2) is 15.5 Å². The van der Waals surface area contributed by atoms with E-state index in [1.54, 1.807) is 18.2 Å². The van der Waals surface area contributed by atoms with Gasteiger partial charge in [0.05, 0.1) is 12.8 Å². The topological polar surface area (TPSA) is 81.4 Å². The van der Waals surface area contributed by atoms with Gasteiger partial charge in [0.25, 0.3) is 10.0 Å². The SMILES string of the molecule is CCc1cccc(NS(=O)(=O)c2ccc(OC)cc2N)c1. The maximum absolute atomic E-state index is 12.4. The Balaban J connectivity index is 2.33. The fourth-order valence-corrected chi connectivity index (χ4v) is 3.13. The standard InChI is InChI=1S/C15H18N2O3S/c1-3-11-5-4-6-12(9-11)17-21(18,19)15-8-7-13(20-2)10-14(15)16/h4-10,17H,3,16H2,1-2H3. The minimum absolute atomic E-state index is 0.0326. The summed E-state index contributed by atoms with van der Waals surface area (Å²) in [6.07, 6.45) is 0.834. The molecule has 0 aliphatic heterocycles. The molecule has 3 N–H and O–H groups in total. The van der Waals surface area contributed by atoms with E-state index in [2.05, 4.69) is 4.72 Å². The number of hydrogen-bond donors (Lipinski definition) is 2. The van der Waals surface area contributed by atoms with Crippen molar-refractivity contribution >= 4 is 21.4 Å². The molecule has 0 aliphatic rings. The van der Waals surface area contributed by atoms with Gasteiger partial charge in [-0.15, -0.1) is 0 Å². The van der Waals surface area contributed by atoms with Gasteiger partial charge >= 0.3 is 0 Å². The second-order valence-corrected chi connectivity index (χ2v) is 6.21. The van der Waals surface area contributed by atoms with Crippen LogP contribution in [0.5, 0.6) is 5.75 Å². The van der Waals surface area contributed by atoms with E-state index in [4.69, 9.17) is 10.5 Å². The van der Waals surface area contributed by atoms with Gasteiger partial charge in [-0.2, -0.15) is 0 Å². The van der Waals surface area contributed by atoms with E-state index < -0.39 is 10.0 Å². The van der Waals surface area contributed by atoms with E-state index in [0.717, 1.165) is 12.0 Å². The van der Waals surface area contributed by atoms with E-state index in [1.807, 2.05) is 19.1 Å². The van der Waals surface area contributed by atoms with Gasteiger partial charge in [-0.25, -0.2) is 8.42 Å². The molecule has 0 unspecified atom stereocenters. The molecule has 2 aromatic rings. The van der Waals surface area contributed by atoms with Crippen molar-refractivity contribution < 1.29 is 13.2 Å². The number of nitrogens with two attached hydrogens (primary N) is 1. The van der Waals surface area contributed by atoms with Crippen molar-refractivity contribution in [2.45, 2.75) is 18.2 Å². The maximum atomic E-state index is 12.4. The van der Waals surface area contributed by atoms with E-state index in [1.165, 1.54) is 19.2 Å². The molecule has 0 amide bonds. The van der Waals surface area contributed by atoms with Gasteiger partial charge in [0.2, 0.25) is 0 Å². The van der Waals surface area contributed by atoms with Crippen molar-refractivity contribution in [3.63, 3.8) is 0 Å². The molecule has 0 fully saturated rings. The summed E-state index contributed by atoms with van der Waals surface area (Å²) in [5.74, 6) is 0.513. The van der Waals surface area contributed by atoms with Crippen molar-refractivity contribution in [1.82, 2.24) is 0 Å². The average molecular weight is 306 g/mol. The number of aryl methyl sites for hydroxylation is 1. The van der Waals surface area contributed by atoms with Crippen LogP contribution in [0.25, 0.3) is 0 Å². The molecule has 112 valence electrons. The quantitative estimate of drug-likeness (QED) is 0.832. The van der Waals surface area contributed by atoms with E-state index in [0.29, 0.717) is 11.4 Å². The van der Waals surface area contributed by atoms with Crippen LogP contribution in [-0.2, 0) is 16.4 Å².